The molecule has 5 heteroatoms. The van der Waals surface area contributed by atoms with Crippen molar-refractivity contribution in [2.45, 2.75) is 13.8 Å². The summed E-state index contributed by atoms with van der Waals surface area (Å²) < 4.78 is 21.0. The van der Waals surface area contributed by atoms with Gasteiger partial charge in [0, 0.05) is 6.16 Å². The maximum Gasteiger partial charge on any atom is 0.331 e. The van der Waals surface area contributed by atoms with Crippen LogP contribution in [-0.2, 0) is 13.6 Å². The molecule has 0 aromatic rings. The van der Waals surface area contributed by atoms with E-state index in [4.69, 9.17) is 9.05 Å². The van der Waals surface area contributed by atoms with Gasteiger partial charge >= 0.3 is 7.60 Å². The van der Waals surface area contributed by atoms with Gasteiger partial charge < -0.3 is 4.52 Å². The molecule has 1 unspecified atom stereocenters. The van der Waals surface area contributed by atoms with Gasteiger partial charge in [-0.1, -0.05) is 6.92 Å². The molecule has 3 nitrogen and oxygen atoms in total. The van der Waals surface area contributed by atoms with Crippen molar-refractivity contribution in [3.8, 4) is 0 Å². The Hall–Kier alpha value is 0.500. The zero-order valence-corrected chi connectivity index (χ0v) is 8.03. The van der Waals surface area contributed by atoms with Crippen LogP contribution < -0.4 is 0 Å². The average Bonchev–Trinajstić information content (AvgIpc) is 1.89. The van der Waals surface area contributed by atoms with E-state index in [1.54, 1.807) is 13.8 Å². The second-order valence-corrected chi connectivity index (χ2v) is 4.23. The first kappa shape index (κ1) is 10.5. The predicted octanol–water partition coefficient (Wildman–Crippen LogP) is 2.14. The summed E-state index contributed by atoms with van der Waals surface area (Å²) in [6, 6.07) is 0. The third-order valence-electron chi connectivity index (χ3n) is 0.968. The van der Waals surface area contributed by atoms with Crippen molar-refractivity contribution in [1.82, 2.24) is 0 Å². The Kier molecular flexibility index (Phi) is 5.45. The van der Waals surface area contributed by atoms with Crippen molar-refractivity contribution in [1.29, 1.82) is 0 Å². The monoisotopic (exact) mass is 184 g/mol. The fourth-order valence-corrected chi connectivity index (χ4v) is 2.04. The number of hydrogen-bond donors (Lipinski definition) is 1. The van der Waals surface area contributed by atoms with Crippen molar-refractivity contribution in [3.05, 3.63) is 0 Å². The summed E-state index contributed by atoms with van der Waals surface area (Å²) in [7, 11) is -2.78. The van der Waals surface area contributed by atoms with Crippen LogP contribution in [0.2, 0.25) is 0 Å². The summed E-state index contributed by atoms with van der Waals surface area (Å²) in [5.41, 5.74) is 0. The predicted molar refractivity (Wildman–Crippen MR) is 44.7 cm³/mol. The van der Waals surface area contributed by atoms with Gasteiger partial charge in [0.2, 0.25) is 0 Å². The van der Waals surface area contributed by atoms with Gasteiger partial charge in [-0.25, -0.2) is 0 Å². The third-order valence-corrected chi connectivity index (χ3v) is 3.25. The first-order valence-corrected chi connectivity index (χ1v) is 5.53. The van der Waals surface area contributed by atoms with E-state index in [1.807, 2.05) is 0 Å². The summed E-state index contributed by atoms with van der Waals surface area (Å²) in [5.74, 6) is 0.144. The highest BCUT2D eigenvalue weighted by Gasteiger charge is 2.19. The Bertz CT molecular complexity index is 118. The highest BCUT2D eigenvalue weighted by Crippen LogP contribution is 2.47. The lowest BCUT2D eigenvalue weighted by Gasteiger charge is -2.13. The minimum absolute atomic E-state index is 0.144. The lowest BCUT2D eigenvalue weighted by molar-refractivity contribution is 0.239. The molecule has 0 rings (SSSR count). The average molecular weight is 184 g/mol. The Morgan fingerprint density at radius 1 is 1.40 bits per heavy atom. The summed E-state index contributed by atoms with van der Waals surface area (Å²) in [6.45, 7) is 3.96. The van der Waals surface area contributed by atoms with Gasteiger partial charge in [-0.05, 0) is 6.92 Å². The zero-order valence-electron chi connectivity index (χ0n) is 6.24. The minimum Gasteiger partial charge on any atom is -0.309 e. The van der Waals surface area contributed by atoms with Crippen LogP contribution in [0.3, 0.4) is 0 Å². The van der Waals surface area contributed by atoms with Crippen molar-refractivity contribution in [2.24, 2.45) is 0 Å². The molecule has 0 aromatic heterocycles. The molecule has 0 heterocycles. The van der Waals surface area contributed by atoms with E-state index in [0.717, 1.165) is 0 Å². The molecule has 0 saturated heterocycles. The molecule has 0 spiro atoms. The highest BCUT2D eigenvalue weighted by atomic mass is 32.1. The maximum absolute atomic E-state index is 11.3. The molecular weight excluding hydrogens is 171 g/mol. The van der Waals surface area contributed by atoms with E-state index in [-0.39, 0.29) is 5.94 Å². The Balaban J connectivity index is 3.83. The summed E-state index contributed by atoms with van der Waals surface area (Å²) >= 11 is 3.79. The molecule has 1 atom stereocenters. The van der Waals surface area contributed by atoms with Crippen LogP contribution in [0.4, 0.5) is 0 Å². The lowest BCUT2D eigenvalue weighted by Crippen LogP contribution is -1.96. The second kappa shape index (κ2) is 5.19. The molecule has 0 aliphatic carbocycles. The quantitative estimate of drug-likeness (QED) is 0.404. The minimum atomic E-state index is -2.78. The van der Waals surface area contributed by atoms with Crippen LogP contribution in [0.25, 0.3) is 0 Å². The molecular formula is C5H13O3PS. The van der Waals surface area contributed by atoms with E-state index in [0.29, 0.717) is 12.8 Å². The van der Waals surface area contributed by atoms with E-state index >= 15 is 0 Å². The van der Waals surface area contributed by atoms with E-state index in [1.165, 1.54) is 0 Å². The van der Waals surface area contributed by atoms with Gasteiger partial charge in [0.05, 0.1) is 12.5 Å². The standard InChI is InChI=1S/C5H13O3PS/c1-3-7-9(6,4-2)8-5-10/h10H,3-5H2,1-2H3. The van der Waals surface area contributed by atoms with Gasteiger partial charge in [0.25, 0.3) is 0 Å². The van der Waals surface area contributed by atoms with Gasteiger partial charge in [-0.15, -0.1) is 0 Å². The van der Waals surface area contributed by atoms with E-state index in [9.17, 15) is 4.57 Å². The van der Waals surface area contributed by atoms with Crippen molar-refractivity contribution < 1.29 is 13.6 Å². The van der Waals surface area contributed by atoms with Crippen LogP contribution in [0.1, 0.15) is 13.8 Å². The molecule has 0 saturated carbocycles. The topological polar surface area (TPSA) is 35.5 Å². The van der Waals surface area contributed by atoms with Crippen molar-refractivity contribution >= 4 is 20.2 Å². The molecule has 0 aromatic carbocycles. The maximum atomic E-state index is 11.3. The largest absolute Gasteiger partial charge is 0.331 e. The first-order chi connectivity index (χ1) is 4.68. The van der Waals surface area contributed by atoms with Crippen LogP contribution in [0.15, 0.2) is 0 Å². The summed E-state index contributed by atoms with van der Waals surface area (Å²) in [4.78, 5) is 0. The van der Waals surface area contributed by atoms with Crippen LogP contribution in [-0.4, -0.2) is 18.7 Å². The fraction of sp³-hybridized carbons (Fsp3) is 1.00. The normalized spacial score (nSPS) is 16.7. The Morgan fingerprint density at radius 2 is 2.00 bits per heavy atom. The molecule has 62 valence electrons. The van der Waals surface area contributed by atoms with Gasteiger partial charge in [0.1, 0.15) is 0 Å². The molecule has 0 aliphatic rings. The Labute approximate surface area is 67.0 Å². The van der Waals surface area contributed by atoms with Gasteiger partial charge in [0.15, 0.2) is 0 Å². The molecule has 0 amide bonds. The smallest absolute Gasteiger partial charge is 0.309 e. The molecule has 0 fully saturated rings. The molecule has 0 N–H and O–H groups in total. The van der Waals surface area contributed by atoms with Crippen molar-refractivity contribution in [3.63, 3.8) is 0 Å². The number of hydrogen-bond acceptors (Lipinski definition) is 4. The molecule has 0 radical (unpaired) electrons. The molecule has 0 aliphatic heterocycles. The van der Waals surface area contributed by atoms with E-state index < -0.39 is 7.60 Å². The summed E-state index contributed by atoms with van der Waals surface area (Å²) in [6.07, 6.45) is 0.404. The Morgan fingerprint density at radius 3 is 2.30 bits per heavy atom. The molecule has 10 heavy (non-hydrogen) atoms. The fourth-order valence-electron chi connectivity index (χ4n) is 0.505. The zero-order chi connectivity index (χ0) is 8.04. The molecule has 0 bridgehead atoms. The van der Waals surface area contributed by atoms with Crippen molar-refractivity contribution in [2.75, 3.05) is 18.7 Å². The lowest BCUT2D eigenvalue weighted by atomic mass is 10.9. The van der Waals surface area contributed by atoms with Crippen LogP contribution in [0, 0.1) is 0 Å². The number of rotatable bonds is 5. The highest BCUT2D eigenvalue weighted by molar-refractivity contribution is 7.80. The third kappa shape index (κ3) is 3.62. The number of thiol groups is 1. The first-order valence-electron chi connectivity index (χ1n) is 3.17. The second-order valence-electron chi connectivity index (χ2n) is 1.60. The summed E-state index contributed by atoms with van der Waals surface area (Å²) in [5, 5.41) is 0. The van der Waals surface area contributed by atoms with Crippen LogP contribution >= 0.6 is 20.2 Å². The van der Waals surface area contributed by atoms with E-state index in [2.05, 4.69) is 12.6 Å². The SMILES string of the molecule is CCOP(=O)(CC)OCS. The van der Waals surface area contributed by atoms with Gasteiger partial charge in [-0.2, -0.15) is 12.6 Å². The van der Waals surface area contributed by atoms with Crippen LogP contribution in [0.5, 0.6) is 0 Å². The van der Waals surface area contributed by atoms with Gasteiger partial charge in [-0.3, -0.25) is 9.09 Å².